The van der Waals surface area contributed by atoms with Gasteiger partial charge in [-0.15, -0.1) is 0 Å². The van der Waals surface area contributed by atoms with Gasteiger partial charge in [0, 0.05) is 0 Å². The van der Waals surface area contributed by atoms with Crippen LogP contribution in [-0.4, -0.2) is 18.5 Å². The molecular weight excluding hydrogens is 200 g/mol. The van der Waals surface area contributed by atoms with Crippen LogP contribution in [0.5, 0.6) is 0 Å². The van der Waals surface area contributed by atoms with Gasteiger partial charge >= 0.3 is 0 Å². The lowest BCUT2D eigenvalue weighted by molar-refractivity contribution is -0.112. The molecule has 0 aromatic rings. The van der Waals surface area contributed by atoms with E-state index in [-0.39, 0.29) is 5.60 Å². The molecule has 0 radical (unpaired) electrons. The van der Waals surface area contributed by atoms with Crippen molar-refractivity contribution in [3.05, 3.63) is 0 Å². The minimum atomic E-state index is -0.346. The van der Waals surface area contributed by atoms with Crippen LogP contribution in [0.4, 0.5) is 0 Å². The standard InChI is InChI=1S/C14H26O2/c1-2-3-4-5-6-7-8-9-10-11-14(12-15)13-16-14/h12H,2-11,13H2,1H3/t14-/m0/s1. The van der Waals surface area contributed by atoms with Gasteiger partial charge in [-0.1, -0.05) is 64.7 Å². The topological polar surface area (TPSA) is 29.6 Å². The molecule has 1 atom stereocenters. The van der Waals surface area contributed by atoms with Crippen LogP contribution < -0.4 is 0 Å². The Hall–Kier alpha value is -0.370. The predicted octanol–water partition coefficient (Wildman–Crippen LogP) is 3.88. The zero-order valence-corrected chi connectivity index (χ0v) is 10.7. The molecule has 0 aromatic carbocycles. The Morgan fingerprint density at radius 2 is 1.50 bits per heavy atom. The van der Waals surface area contributed by atoms with Crippen LogP contribution in [0.25, 0.3) is 0 Å². The van der Waals surface area contributed by atoms with Crippen LogP contribution in [0.1, 0.15) is 71.1 Å². The zero-order chi connectivity index (χ0) is 11.7. The lowest BCUT2D eigenvalue weighted by Gasteiger charge is -2.04. The molecule has 1 saturated heterocycles. The maximum atomic E-state index is 10.6. The number of hydrogen-bond donors (Lipinski definition) is 0. The highest BCUT2D eigenvalue weighted by Gasteiger charge is 2.43. The van der Waals surface area contributed by atoms with Gasteiger partial charge in [0.1, 0.15) is 5.60 Å². The average molecular weight is 226 g/mol. The van der Waals surface area contributed by atoms with Crippen molar-refractivity contribution in [3.63, 3.8) is 0 Å². The molecule has 0 N–H and O–H groups in total. The summed E-state index contributed by atoms with van der Waals surface area (Å²) in [5.41, 5.74) is -0.346. The molecule has 0 spiro atoms. The molecule has 0 aromatic heterocycles. The third kappa shape index (κ3) is 5.64. The van der Waals surface area contributed by atoms with Gasteiger partial charge in [0.15, 0.2) is 6.29 Å². The summed E-state index contributed by atoms with van der Waals surface area (Å²) in [6.07, 6.45) is 13.9. The van der Waals surface area contributed by atoms with E-state index < -0.39 is 0 Å². The lowest BCUT2D eigenvalue weighted by Crippen LogP contribution is -2.11. The fourth-order valence-electron chi connectivity index (χ4n) is 2.10. The van der Waals surface area contributed by atoms with Crippen molar-refractivity contribution in [2.45, 2.75) is 76.7 Å². The number of epoxide rings is 1. The van der Waals surface area contributed by atoms with E-state index in [0.717, 1.165) is 19.1 Å². The third-order valence-electron chi connectivity index (χ3n) is 3.43. The van der Waals surface area contributed by atoms with E-state index in [1.165, 1.54) is 51.4 Å². The summed E-state index contributed by atoms with van der Waals surface area (Å²) >= 11 is 0. The molecule has 16 heavy (non-hydrogen) atoms. The highest BCUT2D eigenvalue weighted by molar-refractivity contribution is 5.66. The predicted molar refractivity (Wildman–Crippen MR) is 66.6 cm³/mol. The summed E-state index contributed by atoms with van der Waals surface area (Å²) in [5, 5.41) is 0. The summed E-state index contributed by atoms with van der Waals surface area (Å²) in [6.45, 7) is 2.91. The molecule has 1 rings (SSSR count). The zero-order valence-electron chi connectivity index (χ0n) is 10.7. The average Bonchev–Trinajstić information content (AvgIpc) is 3.08. The molecule has 0 bridgehead atoms. The number of unbranched alkanes of at least 4 members (excludes halogenated alkanes) is 8. The molecule has 0 saturated carbocycles. The number of carbonyl (C=O) groups is 1. The van der Waals surface area contributed by atoms with Crippen LogP contribution in [0.2, 0.25) is 0 Å². The van der Waals surface area contributed by atoms with Crippen molar-refractivity contribution >= 4 is 6.29 Å². The molecule has 0 aliphatic carbocycles. The third-order valence-corrected chi connectivity index (χ3v) is 3.43. The second kappa shape index (κ2) is 7.83. The smallest absolute Gasteiger partial charge is 0.154 e. The Morgan fingerprint density at radius 1 is 1.00 bits per heavy atom. The van der Waals surface area contributed by atoms with Crippen molar-refractivity contribution < 1.29 is 9.53 Å². The number of rotatable bonds is 11. The van der Waals surface area contributed by atoms with Gasteiger partial charge in [0.05, 0.1) is 6.61 Å². The van der Waals surface area contributed by atoms with Crippen molar-refractivity contribution in [2.75, 3.05) is 6.61 Å². The largest absolute Gasteiger partial charge is 0.362 e. The summed E-state index contributed by atoms with van der Waals surface area (Å²) in [6, 6.07) is 0. The molecular formula is C14H26O2. The first-order valence-corrected chi connectivity index (χ1v) is 6.93. The minimum Gasteiger partial charge on any atom is -0.362 e. The molecule has 94 valence electrons. The maximum absolute atomic E-state index is 10.6. The van der Waals surface area contributed by atoms with Crippen molar-refractivity contribution in [1.29, 1.82) is 0 Å². The van der Waals surface area contributed by atoms with Gasteiger partial charge in [-0.2, -0.15) is 0 Å². The first-order chi connectivity index (χ1) is 7.83. The fraction of sp³-hybridized carbons (Fsp3) is 0.929. The summed E-state index contributed by atoms with van der Waals surface area (Å²) in [7, 11) is 0. The van der Waals surface area contributed by atoms with Crippen molar-refractivity contribution in [2.24, 2.45) is 0 Å². The van der Waals surface area contributed by atoms with Gasteiger partial charge in [-0.3, -0.25) is 0 Å². The van der Waals surface area contributed by atoms with Crippen LogP contribution in [0, 0.1) is 0 Å². The van der Waals surface area contributed by atoms with Crippen LogP contribution in [0.3, 0.4) is 0 Å². The van der Waals surface area contributed by atoms with E-state index in [1.54, 1.807) is 0 Å². The van der Waals surface area contributed by atoms with Gasteiger partial charge in [-0.25, -0.2) is 0 Å². The lowest BCUT2D eigenvalue weighted by atomic mass is 10.0. The molecule has 1 fully saturated rings. The second-order valence-corrected chi connectivity index (χ2v) is 5.05. The van der Waals surface area contributed by atoms with E-state index in [1.807, 2.05) is 0 Å². The van der Waals surface area contributed by atoms with Gasteiger partial charge in [0.25, 0.3) is 0 Å². The molecule has 1 aliphatic rings. The molecule has 2 heteroatoms. The fourth-order valence-corrected chi connectivity index (χ4v) is 2.10. The number of carbonyl (C=O) groups excluding carboxylic acids is 1. The van der Waals surface area contributed by atoms with E-state index in [2.05, 4.69) is 6.92 Å². The Morgan fingerprint density at radius 3 is 1.94 bits per heavy atom. The Bertz CT molecular complexity index is 185. The monoisotopic (exact) mass is 226 g/mol. The Balaban J connectivity index is 1.76. The molecule has 0 amide bonds. The number of hydrogen-bond acceptors (Lipinski definition) is 2. The molecule has 1 heterocycles. The number of aldehydes is 1. The van der Waals surface area contributed by atoms with Crippen LogP contribution >= 0.6 is 0 Å². The van der Waals surface area contributed by atoms with Gasteiger partial charge in [0.2, 0.25) is 0 Å². The Kier molecular flexibility index (Phi) is 6.70. The number of ether oxygens (including phenoxy) is 1. The van der Waals surface area contributed by atoms with Crippen molar-refractivity contribution in [1.82, 2.24) is 0 Å². The summed E-state index contributed by atoms with van der Waals surface area (Å²) in [5.74, 6) is 0. The highest BCUT2D eigenvalue weighted by Crippen LogP contribution is 2.30. The van der Waals surface area contributed by atoms with E-state index in [4.69, 9.17) is 4.74 Å². The molecule has 2 nitrogen and oxygen atoms in total. The summed E-state index contributed by atoms with van der Waals surface area (Å²) in [4.78, 5) is 10.6. The quantitative estimate of drug-likeness (QED) is 0.304. The maximum Gasteiger partial charge on any atom is 0.154 e. The first kappa shape index (κ1) is 13.7. The van der Waals surface area contributed by atoms with Crippen LogP contribution in [0.15, 0.2) is 0 Å². The van der Waals surface area contributed by atoms with E-state index in [9.17, 15) is 4.79 Å². The highest BCUT2D eigenvalue weighted by atomic mass is 16.6. The van der Waals surface area contributed by atoms with E-state index >= 15 is 0 Å². The SMILES string of the molecule is CCCCCCCCCCC[C@]1(C=O)CO1. The minimum absolute atomic E-state index is 0.346. The summed E-state index contributed by atoms with van der Waals surface area (Å²) < 4.78 is 5.15. The molecule has 1 aliphatic heterocycles. The second-order valence-electron chi connectivity index (χ2n) is 5.05. The Labute approximate surface area is 99.8 Å². The molecule has 0 unspecified atom stereocenters. The normalized spacial score (nSPS) is 23.3. The van der Waals surface area contributed by atoms with E-state index in [0.29, 0.717) is 6.61 Å². The van der Waals surface area contributed by atoms with Crippen LogP contribution in [-0.2, 0) is 9.53 Å². The van der Waals surface area contributed by atoms with Gasteiger partial charge in [-0.05, 0) is 6.42 Å². The van der Waals surface area contributed by atoms with Crippen molar-refractivity contribution in [3.8, 4) is 0 Å². The van der Waals surface area contributed by atoms with Gasteiger partial charge < -0.3 is 9.53 Å². The first-order valence-electron chi connectivity index (χ1n) is 6.93.